The number of ketones is 1. The number of rotatable bonds is 5. The first-order valence-electron chi connectivity index (χ1n) is 10.4. The van der Waals surface area contributed by atoms with Crippen LogP contribution in [0, 0.1) is 6.92 Å². The highest BCUT2D eigenvalue weighted by molar-refractivity contribution is 6.51. The first kappa shape index (κ1) is 21.4. The van der Waals surface area contributed by atoms with Crippen LogP contribution in [0.5, 0.6) is 5.75 Å². The Balaban J connectivity index is 1.91. The molecule has 0 bridgehead atoms. The van der Waals surface area contributed by atoms with E-state index in [1.54, 1.807) is 49.6 Å². The molecule has 6 nitrogen and oxygen atoms in total. The molecule has 1 aromatic heterocycles. The largest absolute Gasteiger partial charge is 0.507 e. The summed E-state index contributed by atoms with van der Waals surface area (Å²) < 4.78 is 11.0. The number of carbonyl (C=O) groups excluding carboxylic acids is 2. The molecule has 1 amide bonds. The van der Waals surface area contributed by atoms with Gasteiger partial charge in [-0.25, -0.2) is 0 Å². The Hall–Kier alpha value is -3.80. The number of aryl methyl sites for hydroxylation is 1. The summed E-state index contributed by atoms with van der Waals surface area (Å²) in [5, 5.41) is 11.3. The lowest BCUT2D eigenvalue weighted by Crippen LogP contribution is -2.29. The van der Waals surface area contributed by atoms with Crippen molar-refractivity contribution in [2.24, 2.45) is 0 Å². The zero-order valence-electron chi connectivity index (χ0n) is 18.5. The molecule has 0 aliphatic carbocycles. The van der Waals surface area contributed by atoms with Gasteiger partial charge in [0.05, 0.1) is 18.9 Å². The van der Waals surface area contributed by atoms with E-state index in [0.717, 1.165) is 11.1 Å². The SMILES string of the molecule is COc1ccc(/C(O)=C2/C(=O)C(=O)N(c3ccc(C)cc3)C2c2ccco2)cc1C(C)C. The predicted octanol–water partition coefficient (Wildman–Crippen LogP) is 5.35. The van der Waals surface area contributed by atoms with Crippen molar-refractivity contribution in [3.63, 3.8) is 0 Å². The van der Waals surface area contributed by atoms with Crippen LogP contribution in [0.1, 0.15) is 48.3 Å². The van der Waals surface area contributed by atoms with Gasteiger partial charge < -0.3 is 14.3 Å². The molecule has 0 saturated carbocycles. The van der Waals surface area contributed by atoms with E-state index in [1.165, 1.54) is 11.2 Å². The van der Waals surface area contributed by atoms with Crippen molar-refractivity contribution in [2.75, 3.05) is 12.0 Å². The van der Waals surface area contributed by atoms with E-state index in [9.17, 15) is 14.7 Å². The molecule has 1 aliphatic heterocycles. The Kier molecular flexibility index (Phi) is 5.61. The molecule has 2 aromatic carbocycles. The minimum Gasteiger partial charge on any atom is -0.507 e. The fraction of sp³-hybridized carbons (Fsp3) is 0.231. The van der Waals surface area contributed by atoms with Gasteiger partial charge in [0.1, 0.15) is 23.3 Å². The number of hydrogen-bond donors (Lipinski definition) is 1. The number of aliphatic hydroxyl groups is 1. The predicted molar refractivity (Wildman–Crippen MR) is 122 cm³/mol. The Morgan fingerprint density at radius 1 is 1.09 bits per heavy atom. The number of carbonyl (C=O) groups is 2. The van der Waals surface area contributed by atoms with E-state index >= 15 is 0 Å². The average Bonchev–Trinajstić information content (AvgIpc) is 3.40. The number of amides is 1. The van der Waals surface area contributed by atoms with E-state index in [2.05, 4.69) is 0 Å². The standard InChI is InChI=1S/C26H25NO5/c1-15(2)19-14-17(9-12-20(19)31-4)24(28)22-23(21-6-5-13-32-21)27(26(30)25(22)29)18-10-7-16(3)8-11-18/h5-15,23,28H,1-4H3/b24-22-. The number of methoxy groups -OCH3 is 1. The van der Waals surface area contributed by atoms with Gasteiger partial charge in [0.2, 0.25) is 0 Å². The van der Waals surface area contributed by atoms with Gasteiger partial charge in [0, 0.05) is 11.3 Å². The molecule has 0 radical (unpaired) electrons. The van der Waals surface area contributed by atoms with Crippen LogP contribution in [0.15, 0.2) is 70.9 Å². The lowest BCUT2D eigenvalue weighted by atomic mass is 9.95. The van der Waals surface area contributed by atoms with Crippen LogP contribution in [-0.2, 0) is 9.59 Å². The number of nitrogens with zero attached hydrogens (tertiary/aromatic N) is 1. The second-order valence-electron chi connectivity index (χ2n) is 8.13. The number of anilines is 1. The molecule has 1 N–H and O–H groups in total. The number of hydrogen-bond acceptors (Lipinski definition) is 5. The molecule has 1 aliphatic rings. The molecule has 3 aromatic rings. The molecular weight excluding hydrogens is 406 g/mol. The molecule has 164 valence electrons. The minimum absolute atomic E-state index is 0.00889. The van der Waals surface area contributed by atoms with Crippen LogP contribution < -0.4 is 9.64 Å². The van der Waals surface area contributed by atoms with Crippen molar-refractivity contribution < 1.29 is 23.8 Å². The summed E-state index contributed by atoms with van der Waals surface area (Å²) in [7, 11) is 1.59. The highest BCUT2D eigenvalue weighted by atomic mass is 16.5. The summed E-state index contributed by atoms with van der Waals surface area (Å²) in [4.78, 5) is 27.6. The second-order valence-corrected chi connectivity index (χ2v) is 8.13. The van der Waals surface area contributed by atoms with Crippen molar-refractivity contribution in [3.05, 3.63) is 88.9 Å². The van der Waals surface area contributed by atoms with E-state index in [1.807, 2.05) is 32.9 Å². The van der Waals surface area contributed by atoms with Gasteiger partial charge >= 0.3 is 0 Å². The fourth-order valence-corrected chi connectivity index (χ4v) is 4.01. The van der Waals surface area contributed by atoms with Crippen molar-refractivity contribution >= 4 is 23.1 Å². The summed E-state index contributed by atoms with van der Waals surface area (Å²) in [6.07, 6.45) is 1.48. The maximum Gasteiger partial charge on any atom is 0.300 e. The van der Waals surface area contributed by atoms with Crippen molar-refractivity contribution in [2.45, 2.75) is 32.7 Å². The van der Waals surface area contributed by atoms with Crippen molar-refractivity contribution in [1.29, 1.82) is 0 Å². The fourth-order valence-electron chi connectivity index (χ4n) is 4.01. The van der Waals surface area contributed by atoms with E-state index in [-0.39, 0.29) is 17.3 Å². The molecule has 0 spiro atoms. The molecule has 32 heavy (non-hydrogen) atoms. The lowest BCUT2D eigenvalue weighted by molar-refractivity contribution is -0.132. The smallest absolute Gasteiger partial charge is 0.300 e. The minimum atomic E-state index is -0.877. The summed E-state index contributed by atoms with van der Waals surface area (Å²) in [5.41, 5.74) is 2.90. The highest BCUT2D eigenvalue weighted by Crippen LogP contribution is 2.43. The average molecular weight is 431 g/mol. The second kappa shape index (κ2) is 8.38. The van der Waals surface area contributed by atoms with Crippen molar-refractivity contribution in [1.82, 2.24) is 0 Å². The molecule has 4 rings (SSSR count). The maximum absolute atomic E-state index is 13.1. The molecule has 1 saturated heterocycles. The van der Waals surface area contributed by atoms with E-state index in [4.69, 9.17) is 9.15 Å². The zero-order valence-corrected chi connectivity index (χ0v) is 18.5. The number of Topliss-reactive ketones (excluding diaryl/α,β-unsaturated/α-hetero) is 1. The third-order valence-corrected chi connectivity index (χ3v) is 5.69. The molecule has 6 heteroatoms. The molecule has 1 atom stereocenters. The van der Waals surface area contributed by atoms with Gasteiger partial charge in [-0.2, -0.15) is 0 Å². The highest BCUT2D eigenvalue weighted by Gasteiger charge is 2.48. The summed E-state index contributed by atoms with van der Waals surface area (Å²) in [5.74, 6) is -0.499. The molecule has 1 unspecified atom stereocenters. The van der Waals surface area contributed by atoms with Crippen LogP contribution in [0.3, 0.4) is 0 Å². The third kappa shape index (κ3) is 3.58. The Morgan fingerprint density at radius 3 is 2.41 bits per heavy atom. The van der Waals surface area contributed by atoms with Gasteiger partial charge in [-0.05, 0) is 60.9 Å². The van der Waals surface area contributed by atoms with Crippen LogP contribution in [0.25, 0.3) is 5.76 Å². The zero-order chi connectivity index (χ0) is 23.0. The van der Waals surface area contributed by atoms with Gasteiger partial charge in [-0.1, -0.05) is 31.5 Å². The number of ether oxygens (including phenoxy) is 1. The van der Waals surface area contributed by atoms with Crippen LogP contribution >= 0.6 is 0 Å². The van der Waals surface area contributed by atoms with Crippen LogP contribution in [-0.4, -0.2) is 23.9 Å². The van der Waals surface area contributed by atoms with Crippen LogP contribution in [0.2, 0.25) is 0 Å². The van der Waals surface area contributed by atoms with E-state index < -0.39 is 17.7 Å². The van der Waals surface area contributed by atoms with Gasteiger partial charge in [-0.3, -0.25) is 14.5 Å². The quantitative estimate of drug-likeness (QED) is 0.335. The first-order chi connectivity index (χ1) is 15.3. The summed E-state index contributed by atoms with van der Waals surface area (Å²) >= 11 is 0. The molecule has 2 heterocycles. The molecular formula is C26H25NO5. The monoisotopic (exact) mass is 431 g/mol. The Labute approximate surface area is 186 Å². The van der Waals surface area contributed by atoms with Gasteiger partial charge in [0.25, 0.3) is 11.7 Å². The summed E-state index contributed by atoms with van der Waals surface area (Å²) in [6.45, 7) is 5.97. The number of aliphatic hydroxyl groups excluding tert-OH is 1. The number of benzene rings is 2. The Morgan fingerprint density at radius 2 is 1.81 bits per heavy atom. The maximum atomic E-state index is 13.1. The Bertz CT molecular complexity index is 1190. The van der Waals surface area contributed by atoms with Crippen LogP contribution in [0.4, 0.5) is 5.69 Å². The van der Waals surface area contributed by atoms with Gasteiger partial charge in [0.15, 0.2) is 0 Å². The number of furan rings is 1. The normalized spacial score (nSPS) is 17.9. The third-order valence-electron chi connectivity index (χ3n) is 5.69. The lowest BCUT2D eigenvalue weighted by Gasteiger charge is -2.23. The van der Waals surface area contributed by atoms with Gasteiger partial charge in [-0.15, -0.1) is 0 Å². The topological polar surface area (TPSA) is 80.0 Å². The van der Waals surface area contributed by atoms with Crippen molar-refractivity contribution in [3.8, 4) is 5.75 Å². The van der Waals surface area contributed by atoms with E-state index in [0.29, 0.717) is 22.8 Å². The first-order valence-corrected chi connectivity index (χ1v) is 10.4. The summed E-state index contributed by atoms with van der Waals surface area (Å²) in [6, 6.07) is 15.0. The molecule has 1 fully saturated rings.